The van der Waals surface area contributed by atoms with Crippen molar-refractivity contribution >= 4 is 29.4 Å². The lowest BCUT2D eigenvalue weighted by Gasteiger charge is -2.18. The smallest absolute Gasteiger partial charge is 0.267 e. The van der Waals surface area contributed by atoms with Gasteiger partial charge in [-0.05, 0) is 36.9 Å². The molecule has 0 aliphatic rings. The minimum absolute atomic E-state index is 0.548. The molecule has 0 aromatic heterocycles. The molecular weight excluding hydrogens is 322 g/mol. The lowest BCUT2D eigenvalue weighted by atomic mass is 10.2. The van der Waals surface area contributed by atoms with Crippen LogP contribution in [0.15, 0.2) is 41.8 Å². The Labute approximate surface area is 148 Å². The van der Waals surface area contributed by atoms with Gasteiger partial charge in [0.2, 0.25) is 0 Å². The van der Waals surface area contributed by atoms with Crippen LogP contribution in [0.2, 0.25) is 0 Å². The van der Waals surface area contributed by atoms with E-state index in [-0.39, 0.29) is 0 Å². The van der Waals surface area contributed by atoms with E-state index >= 15 is 0 Å². The summed E-state index contributed by atoms with van der Waals surface area (Å²) in [5.41, 5.74) is 3.49. The van der Waals surface area contributed by atoms with Gasteiger partial charge in [0, 0.05) is 35.5 Å². The third kappa shape index (κ3) is 7.21. The van der Waals surface area contributed by atoms with Gasteiger partial charge in [-0.3, -0.25) is 10.0 Å². The van der Waals surface area contributed by atoms with Crippen LogP contribution in [0.4, 0.5) is 5.69 Å². The summed E-state index contributed by atoms with van der Waals surface area (Å²) in [4.78, 5) is 14.7. The van der Waals surface area contributed by atoms with Gasteiger partial charge >= 0.3 is 0 Å². The van der Waals surface area contributed by atoms with E-state index in [0.29, 0.717) is 6.54 Å². The van der Waals surface area contributed by atoms with E-state index in [2.05, 4.69) is 36.7 Å². The van der Waals surface area contributed by atoms with Gasteiger partial charge < -0.3 is 10.2 Å². The molecule has 0 atom stereocenters. The maximum Gasteiger partial charge on any atom is 0.267 e. The van der Waals surface area contributed by atoms with Crippen LogP contribution in [0.3, 0.4) is 0 Å². The molecule has 0 bridgehead atoms. The molecule has 1 amide bonds. The van der Waals surface area contributed by atoms with E-state index in [1.165, 1.54) is 11.0 Å². The maximum absolute atomic E-state index is 11.1. The second-order valence-corrected chi connectivity index (χ2v) is 6.25. The summed E-state index contributed by atoms with van der Waals surface area (Å²) in [6.45, 7) is 11.9. The molecule has 6 heteroatoms. The molecule has 0 unspecified atom stereocenters. The Hall–Kier alpha value is -1.76. The lowest BCUT2D eigenvalue weighted by Crippen LogP contribution is -2.25. The number of hydroxylamine groups is 1. The van der Waals surface area contributed by atoms with Gasteiger partial charge in [-0.1, -0.05) is 26.0 Å². The van der Waals surface area contributed by atoms with Gasteiger partial charge in [-0.25, -0.2) is 5.48 Å². The zero-order valence-corrected chi connectivity index (χ0v) is 15.2. The quantitative estimate of drug-likeness (QED) is 0.188. The third-order valence-corrected chi connectivity index (χ3v) is 4.59. The Morgan fingerprint density at radius 3 is 2.75 bits per heavy atom. The van der Waals surface area contributed by atoms with E-state index in [9.17, 15) is 4.79 Å². The van der Waals surface area contributed by atoms with Crippen LogP contribution in [-0.4, -0.2) is 47.9 Å². The topological polar surface area (TPSA) is 64.6 Å². The molecule has 0 aliphatic carbocycles. The van der Waals surface area contributed by atoms with Crippen molar-refractivity contribution in [3.63, 3.8) is 0 Å². The molecule has 0 heterocycles. The lowest BCUT2D eigenvalue weighted by molar-refractivity contribution is -0.124. The second-order valence-electron chi connectivity index (χ2n) is 5.11. The summed E-state index contributed by atoms with van der Waals surface area (Å²) in [6.07, 6.45) is 4.76. The summed E-state index contributed by atoms with van der Waals surface area (Å²) < 4.78 is 0. The van der Waals surface area contributed by atoms with E-state index < -0.39 is 5.91 Å². The first-order chi connectivity index (χ1) is 11.6. The monoisotopic (exact) mass is 349 g/mol. The molecule has 24 heavy (non-hydrogen) atoms. The van der Waals surface area contributed by atoms with Gasteiger partial charge in [0.25, 0.3) is 5.91 Å². The molecule has 1 aromatic rings. The standard InChI is InChI=1S/C18H27N3O2S/c1-4-11-19-16-14-15(8-10-18(22)20-23)7-9-17(16)24-13-12-21(5-2)6-3/h4,7-10,14,19,23H,1,5-6,11-13H2,2-3H3,(H,20,22)/b10-8+. The Morgan fingerprint density at radius 2 is 2.12 bits per heavy atom. The first-order valence-corrected chi connectivity index (χ1v) is 9.09. The van der Waals surface area contributed by atoms with E-state index in [0.717, 1.165) is 36.6 Å². The molecule has 1 aromatic carbocycles. The molecule has 5 nitrogen and oxygen atoms in total. The highest BCUT2D eigenvalue weighted by atomic mass is 32.2. The average molecular weight is 350 g/mol. The SMILES string of the molecule is C=CCNc1cc(/C=C/C(=O)NO)ccc1SCCN(CC)CC. The van der Waals surface area contributed by atoms with Gasteiger partial charge in [0.15, 0.2) is 0 Å². The van der Waals surface area contributed by atoms with Crippen molar-refractivity contribution in [1.29, 1.82) is 0 Å². The van der Waals surface area contributed by atoms with Crippen molar-refractivity contribution in [3.05, 3.63) is 42.5 Å². The molecule has 1 rings (SSSR count). The molecule has 132 valence electrons. The Balaban J connectivity index is 2.80. The van der Waals surface area contributed by atoms with Gasteiger partial charge in [-0.15, -0.1) is 18.3 Å². The highest BCUT2D eigenvalue weighted by Gasteiger charge is 2.05. The molecule has 0 spiro atoms. The first kappa shape index (κ1) is 20.3. The van der Waals surface area contributed by atoms with Crippen LogP contribution in [0.1, 0.15) is 19.4 Å². The van der Waals surface area contributed by atoms with Crippen LogP contribution in [0, 0.1) is 0 Å². The van der Waals surface area contributed by atoms with E-state index in [1.54, 1.807) is 11.6 Å². The predicted octanol–water partition coefficient (Wildman–Crippen LogP) is 3.24. The summed E-state index contributed by atoms with van der Waals surface area (Å²) in [5, 5.41) is 11.9. The van der Waals surface area contributed by atoms with E-state index in [4.69, 9.17) is 5.21 Å². The van der Waals surface area contributed by atoms with Crippen molar-refractivity contribution in [2.24, 2.45) is 0 Å². The zero-order valence-electron chi connectivity index (χ0n) is 14.4. The minimum atomic E-state index is -0.548. The number of carbonyl (C=O) groups excluding carboxylic acids is 1. The van der Waals surface area contributed by atoms with Crippen molar-refractivity contribution in [3.8, 4) is 0 Å². The molecule has 0 aliphatic heterocycles. The van der Waals surface area contributed by atoms with Crippen molar-refractivity contribution in [2.45, 2.75) is 18.7 Å². The molecule has 0 saturated heterocycles. The van der Waals surface area contributed by atoms with Crippen LogP contribution in [-0.2, 0) is 4.79 Å². The summed E-state index contributed by atoms with van der Waals surface area (Å²) in [7, 11) is 0. The van der Waals surface area contributed by atoms with Gasteiger partial charge in [0.1, 0.15) is 0 Å². The van der Waals surface area contributed by atoms with Gasteiger partial charge in [-0.2, -0.15) is 0 Å². The number of hydrogen-bond donors (Lipinski definition) is 3. The largest absolute Gasteiger partial charge is 0.381 e. The molecular formula is C18H27N3O2S. The van der Waals surface area contributed by atoms with Crippen molar-refractivity contribution in [2.75, 3.05) is 37.2 Å². The fraction of sp³-hybridized carbons (Fsp3) is 0.389. The number of nitrogens with one attached hydrogen (secondary N) is 2. The number of nitrogens with zero attached hydrogens (tertiary/aromatic N) is 1. The number of rotatable bonds is 11. The molecule has 0 saturated carbocycles. The highest BCUT2D eigenvalue weighted by molar-refractivity contribution is 7.99. The number of benzene rings is 1. The number of thioether (sulfide) groups is 1. The average Bonchev–Trinajstić information content (AvgIpc) is 2.62. The van der Waals surface area contributed by atoms with Crippen LogP contribution in [0.5, 0.6) is 0 Å². The summed E-state index contributed by atoms with van der Waals surface area (Å²) >= 11 is 1.81. The fourth-order valence-electron chi connectivity index (χ4n) is 2.13. The molecule has 3 N–H and O–H groups in total. The predicted molar refractivity (Wildman–Crippen MR) is 103 cm³/mol. The Bertz CT molecular complexity index is 557. The number of anilines is 1. The number of amides is 1. The number of carbonyl (C=O) groups is 1. The van der Waals surface area contributed by atoms with Crippen molar-refractivity contribution in [1.82, 2.24) is 10.4 Å². The van der Waals surface area contributed by atoms with Crippen LogP contribution in [0.25, 0.3) is 6.08 Å². The maximum atomic E-state index is 11.1. The molecule has 0 radical (unpaired) electrons. The van der Waals surface area contributed by atoms with Gasteiger partial charge in [0.05, 0.1) is 0 Å². The second kappa shape index (κ2) is 11.7. The van der Waals surface area contributed by atoms with Crippen LogP contribution >= 0.6 is 11.8 Å². The summed E-state index contributed by atoms with van der Waals surface area (Å²) in [5.74, 6) is 0.472. The Kier molecular flexibility index (Phi) is 9.91. The first-order valence-electron chi connectivity index (χ1n) is 8.10. The highest BCUT2D eigenvalue weighted by Crippen LogP contribution is 2.29. The summed E-state index contributed by atoms with van der Waals surface area (Å²) in [6, 6.07) is 6.00. The van der Waals surface area contributed by atoms with Crippen molar-refractivity contribution < 1.29 is 10.0 Å². The fourth-order valence-corrected chi connectivity index (χ4v) is 3.15. The minimum Gasteiger partial charge on any atom is -0.381 e. The molecule has 0 fully saturated rings. The number of hydrogen-bond acceptors (Lipinski definition) is 5. The normalized spacial score (nSPS) is 11.0. The zero-order chi connectivity index (χ0) is 17.8. The third-order valence-electron chi connectivity index (χ3n) is 3.54. The Morgan fingerprint density at radius 1 is 1.38 bits per heavy atom. The van der Waals surface area contributed by atoms with Crippen LogP contribution < -0.4 is 10.8 Å². The van der Waals surface area contributed by atoms with E-state index in [1.807, 2.05) is 30.0 Å².